The molecule has 1 heterocycles. The molecule has 1 aliphatic heterocycles. The summed E-state index contributed by atoms with van der Waals surface area (Å²) in [5, 5.41) is 3.53. The zero-order valence-electron chi connectivity index (χ0n) is 16.2. The standard InChI is InChI=1S/C21H22Cl2N6O/c22-14-8-6-9-15(23)17(14)26-18(30)13-7-2-3-10-16(13)29-20(25)27-19(24)28-21(29)11-4-1-5-12-21/h2-3,6-10H,1,4-5,11-12H2,(H,26,30)(H4,24,25,27,28). The number of aliphatic imine (C=N–C) groups is 2. The molecule has 30 heavy (non-hydrogen) atoms. The molecule has 1 fully saturated rings. The van der Waals surface area contributed by atoms with E-state index < -0.39 is 5.66 Å². The number of nitrogens with two attached hydrogens (primary N) is 2. The molecule has 0 saturated heterocycles. The van der Waals surface area contributed by atoms with Gasteiger partial charge in [-0.3, -0.25) is 9.69 Å². The van der Waals surface area contributed by atoms with E-state index in [2.05, 4.69) is 15.3 Å². The van der Waals surface area contributed by atoms with E-state index in [1.165, 1.54) is 0 Å². The zero-order chi connectivity index (χ0) is 21.3. The number of guanidine groups is 2. The molecule has 0 bridgehead atoms. The van der Waals surface area contributed by atoms with Crippen LogP contribution in [0, 0.1) is 0 Å². The lowest BCUT2D eigenvalue weighted by Crippen LogP contribution is -2.58. The Morgan fingerprint density at radius 1 is 1.00 bits per heavy atom. The van der Waals surface area contributed by atoms with Crippen molar-refractivity contribution >= 4 is 52.4 Å². The van der Waals surface area contributed by atoms with Crippen LogP contribution in [0.3, 0.4) is 0 Å². The topological polar surface area (TPSA) is 109 Å². The third kappa shape index (κ3) is 3.70. The van der Waals surface area contributed by atoms with Crippen LogP contribution >= 0.6 is 23.2 Å². The van der Waals surface area contributed by atoms with Gasteiger partial charge in [-0.2, -0.15) is 4.99 Å². The van der Waals surface area contributed by atoms with E-state index in [1.807, 2.05) is 17.0 Å². The highest BCUT2D eigenvalue weighted by molar-refractivity contribution is 6.40. The first-order valence-corrected chi connectivity index (χ1v) is 10.5. The van der Waals surface area contributed by atoms with Gasteiger partial charge in [0.2, 0.25) is 11.9 Å². The summed E-state index contributed by atoms with van der Waals surface area (Å²) in [6.45, 7) is 0. The second-order valence-electron chi connectivity index (χ2n) is 7.39. The Morgan fingerprint density at radius 2 is 1.67 bits per heavy atom. The van der Waals surface area contributed by atoms with Gasteiger partial charge in [0.1, 0.15) is 5.66 Å². The minimum absolute atomic E-state index is 0.162. The Bertz CT molecular complexity index is 1030. The zero-order valence-corrected chi connectivity index (χ0v) is 17.7. The molecule has 1 spiro atoms. The lowest BCUT2D eigenvalue weighted by atomic mass is 9.87. The first-order chi connectivity index (χ1) is 14.4. The lowest BCUT2D eigenvalue weighted by molar-refractivity contribution is 0.102. The minimum Gasteiger partial charge on any atom is -0.369 e. The minimum atomic E-state index is -0.646. The van der Waals surface area contributed by atoms with E-state index in [1.54, 1.807) is 30.3 Å². The predicted octanol–water partition coefficient (Wildman–Crippen LogP) is 4.36. The number of carbonyl (C=O) groups is 1. The molecule has 5 N–H and O–H groups in total. The molecule has 1 amide bonds. The first-order valence-electron chi connectivity index (χ1n) is 9.75. The number of carbonyl (C=O) groups excluding carboxylic acids is 1. The number of halogens is 2. The Balaban J connectivity index is 1.76. The highest BCUT2D eigenvalue weighted by atomic mass is 35.5. The smallest absolute Gasteiger partial charge is 0.257 e. The molecule has 7 nitrogen and oxygen atoms in total. The Morgan fingerprint density at radius 3 is 2.37 bits per heavy atom. The molecule has 4 rings (SSSR count). The molecule has 2 aliphatic rings. The van der Waals surface area contributed by atoms with Crippen molar-refractivity contribution in [3.05, 3.63) is 58.1 Å². The highest BCUT2D eigenvalue weighted by Gasteiger charge is 2.43. The third-order valence-corrected chi connectivity index (χ3v) is 6.07. The van der Waals surface area contributed by atoms with Crippen LogP contribution in [0.1, 0.15) is 42.5 Å². The van der Waals surface area contributed by atoms with Crippen molar-refractivity contribution in [1.29, 1.82) is 0 Å². The van der Waals surface area contributed by atoms with E-state index in [-0.39, 0.29) is 17.8 Å². The van der Waals surface area contributed by atoms with Gasteiger partial charge >= 0.3 is 0 Å². The fourth-order valence-electron chi connectivity index (χ4n) is 4.13. The maximum Gasteiger partial charge on any atom is 0.257 e. The second kappa shape index (κ2) is 8.16. The molecule has 9 heteroatoms. The molecule has 0 radical (unpaired) electrons. The summed E-state index contributed by atoms with van der Waals surface area (Å²) in [7, 11) is 0. The molecule has 1 saturated carbocycles. The fraction of sp³-hybridized carbons (Fsp3) is 0.286. The van der Waals surface area contributed by atoms with Gasteiger partial charge in [-0.1, -0.05) is 47.8 Å². The molecule has 2 aromatic carbocycles. The number of amides is 1. The molecule has 0 aromatic heterocycles. The summed E-state index contributed by atoms with van der Waals surface area (Å²) in [4.78, 5) is 23.9. The number of nitrogens with one attached hydrogen (secondary N) is 1. The molecule has 0 atom stereocenters. The van der Waals surface area contributed by atoms with Gasteiger partial charge in [-0.25, -0.2) is 4.99 Å². The number of anilines is 2. The van der Waals surface area contributed by atoms with Crippen molar-refractivity contribution in [1.82, 2.24) is 0 Å². The number of hydrogen-bond donors (Lipinski definition) is 3. The predicted molar refractivity (Wildman–Crippen MR) is 122 cm³/mol. The highest BCUT2D eigenvalue weighted by Crippen LogP contribution is 2.41. The lowest BCUT2D eigenvalue weighted by Gasteiger charge is -2.46. The quantitative estimate of drug-likeness (QED) is 0.652. The number of para-hydroxylation sites is 2. The SMILES string of the molecule is NC1=NC2(CCCCC2)N(c2ccccc2C(=O)Nc2c(Cl)cccc2Cl)C(N)=N1. The normalized spacial score (nSPS) is 18.0. The van der Waals surface area contributed by atoms with E-state index in [0.29, 0.717) is 27.0 Å². The molecule has 2 aromatic rings. The van der Waals surface area contributed by atoms with Crippen molar-refractivity contribution in [2.24, 2.45) is 21.5 Å². The number of rotatable bonds is 3. The second-order valence-corrected chi connectivity index (χ2v) is 8.20. The Labute approximate surface area is 184 Å². The third-order valence-electron chi connectivity index (χ3n) is 5.44. The van der Waals surface area contributed by atoms with Crippen LogP contribution in [0.15, 0.2) is 52.4 Å². The van der Waals surface area contributed by atoms with Crippen LogP contribution in [-0.2, 0) is 0 Å². The Hall–Kier alpha value is -2.77. The van der Waals surface area contributed by atoms with E-state index in [4.69, 9.17) is 34.7 Å². The summed E-state index contributed by atoms with van der Waals surface area (Å²) >= 11 is 12.5. The van der Waals surface area contributed by atoms with Crippen molar-refractivity contribution in [3.63, 3.8) is 0 Å². The van der Waals surface area contributed by atoms with Gasteiger partial charge in [-0.05, 0) is 49.9 Å². The van der Waals surface area contributed by atoms with Crippen molar-refractivity contribution in [3.8, 4) is 0 Å². The van der Waals surface area contributed by atoms with Crippen LogP contribution in [0.2, 0.25) is 10.0 Å². The van der Waals surface area contributed by atoms with Crippen molar-refractivity contribution in [2.45, 2.75) is 37.8 Å². The fourth-order valence-corrected chi connectivity index (χ4v) is 4.62. The number of benzene rings is 2. The van der Waals surface area contributed by atoms with Crippen molar-refractivity contribution < 1.29 is 4.79 Å². The summed E-state index contributed by atoms with van der Waals surface area (Å²) < 4.78 is 0. The van der Waals surface area contributed by atoms with E-state index in [0.717, 1.165) is 32.1 Å². The molecule has 156 valence electrons. The average molecular weight is 445 g/mol. The summed E-state index contributed by atoms with van der Waals surface area (Å²) in [6, 6.07) is 12.2. The largest absolute Gasteiger partial charge is 0.369 e. The van der Waals surface area contributed by atoms with Crippen LogP contribution in [0.5, 0.6) is 0 Å². The summed E-state index contributed by atoms with van der Waals surface area (Å²) in [6.07, 6.45) is 4.65. The molecule has 0 unspecified atom stereocenters. The van der Waals surface area contributed by atoms with E-state index >= 15 is 0 Å². The van der Waals surface area contributed by atoms with Gasteiger partial charge < -0.3 is 16.8 Å². The maximum absolute atomic E-state index is 13.2. The van der Waals surface area contributed by atoms with Gasteiger partial charge in [0.25, 0.3) is 5.91 Å². The van der Waals surface area contributed by atoms with Crippen LogP contribution < -0.4 is 21.7 Å². The van der Waals surface area contributed by atoms with Crippen LogP contribution in [0.25, 0.3) is 0 Å². The number of nitrogens with zero attached hydrogens (tertiary/aromatic N) is 3. The van der Waals surface area contributed by atoms with Crippen LogP contribution in [0.4, 0.5) is 11.4 Å². The summed E-state index contributed by atoms with van der Waals surface area (Å²) in [5.41, 5.74) is 13.0. The van der Waals surface area contributed by atoms with Gasteiger partial charge in [0.15, 0.2) is 0 Å². The maximum atomic E-state index is 13.2. The number of hydrogen-bond acceptors (Lipinski definition) is 6. The molecular weight excluding hydrogens is 423 g/mol. The van der Waals surface area contributed by atoms with Crippen LogP contribution in [-0.4, -0.2) is 23.5 Å². The first kappa shape index (κ1) is 20.5. The van der Waals surface area contributed by atoms with Gasteiger partial charge in [-0.15, -0.1) is 0 Å². The van der Waals surface area contributed by atoms with Gasteiger partial charge in [0, 0.05) is 0 Å². The molecular formula is C21H22Cl2N6O. The van der Waals surface area contributed by atoms with Gasteiger partial charge in [0.05, 0.1) is 27.0 Å². The summed E-state index contributed by atoms with van der Waals surface area (Å²) in [5.74, 6) is 0.0257. The van der Waals surface area contributed by atoms with Crippen molar-refractivity contribution in [2.75, 3.05) is 10.2 Å². The van der Waals surface area contributed by atoms with E-state index in [9.17, 15) is 4.79 Å². The monoisotopic (exact) mass is 444 g/mol. The average Bonchev–Trinajstić information content (AvgIpc) is 2.71. The Kier molecular flexibility index (Phi) is 5.58. The molecule has 1 aliphatic carbocycles.